The van der Waals surface area contributed by atoms with Gasteiger partial charge >= 0.3 is 11.7 Å². The number of aromatic nitrogens is 3. The fourth-order valence-electron chi connectivity index (χ4n) is 4.62. The number of pyridine rings is 1. The highest BCUT2D eigenvalue weighted by atomic mass is 16.6. The van der Waals surface area contributed by atoms with Gasteiger partial charge in [-0.15, -0.1) is 0 Å². The van der Waals surface area contributed by atoms with E-state index in [0.717, 1.165) is 60.5 Å². The minimum absolute atomic E-state index is 0.0790. The number of esters is 1. The molecule has 0 unspecified atom stereocenters. The summed E-state index contributed by atoms with van der Waals surface area (Å²) in [6.07, 6.45) is 2.00. The number of nitrogens with one attached hydrogen (secondary N) is 1. The normalized spacial score (nSPS) is 16.6. The zero-order chi connectivity index (χ0) is 24.4. The van der Waals surface area contributed by atoms with Crippen LogP contribution in [-0.2, 0) is 17.9 Å². The van der Waals surface area contributed by atoms with Gasteiger partial charge in [0.25, 0.3) is 5.88 Å². The number of methoxy groups -OCH3 is 1. The first kappa shape index (κ1) is 23.3. The number of hydrogen-bond donors (Lipinski definition) is 1. The Balaban J connectivity index is 1.15. The number of fused-ring (bicyclic) bond motifs is 2. The van der Waals surface area contributed by atoms with Crippen molar-refractivity contribution in [3.8, 4) is 17.4 Å². The van der Waals surface area contributed by atoms with Crippen LogP contribution in [0.25, 0.3) is 10.9 Å². The largest absolute Gasteiger partial charge is 0.497 e. The molecule has 0 aliphatic carbocycles. The summed E-state index contributed by atoms with van der Waals surface area (Å²) >= 11 is 0. The van der Waals surface area contributed by atoms with Crippen molar-refractivity contribution >= 4 is 16.9 Å². The predicted octanol–water partition coefficient (Wildman–Crippen LogP) is 1.66. The fourth-order valence-corrected chi connectivity index (χ4v) is 4.62. The zero-order valence-corrected chi connectivity index (χ0v) is 20.0. The number of nitrogens with zero attached hydrogens (tertiary/aromatic N) is 4. The summed E-state index contributed by atoms with van der Waals surface area (Å²) in [7, 11) is 1.63. The molecule has 35 heavy (non-hydrogen) atoms. The first-order valence-electron chi connectivity index (χ1n) is 11.8. The molecular weight excluding hydrogens is 450 g/mol. The summed E-state index contributed by atoms with van der Waals surface area (Å²) in [6.45, 7) is 5.61. The SMILES string of the molecule is COc1ccc2c(C)nc(=O)n(CCN3CCC(NCc4ccc5c(n4)OC(=O)CO5)CC3)c2c1. The van der Waals surface area contributed by atoms with Gasteiger partial charge < -0.3 is 24.4 Å². The second kappa shape index (κ2) is 10.0. The number of ether oxygens (including phenoxy) is 3. The third-order valence-corrected chi connectivity index (χ3v) is 6.62. The topological polar surface area (TPSA) is 108 Å². The lowest BCUT2D eigenvalue weighted by atomic mass is 10.0. The Morgan fingerprint density at radius 2 is 1.94 bits per heavy atom. The molecule has 4 heterocycles. The highest BCUT2D eigenvalue weighted by molar-refractivity contribution is 5.82. The molecule has 2 aromatic heterocycles. The van der Waals surface area contributed by atoms with Crippen molar-refractivity contribution in [3.05, 3.63) is 52.2 Å². The first-order chi connectivity index (χ1) is 17.0. The van der Waals surface area contributed by atoms with Gasteiger partial charge in [-0.05, 0) is 57.1 Å². The minimum atomic E-state index is -0.432. The lowest BCUT2D eigenvalue weighted by Gasteiger charge is -2.32. The second-order valence-corrected chi connectivity index (χ2v) is 8.88. The van der Waals surface area contributed by atoms with E-state index in [2.05, 4.69) is 20.2 Å². The molecule has 10 heteroatoms. The number of hydrogen-bond acceptors (Lipinski definition) is 9. The first-order valence-corrected chi connectivity index (χ1v) is 11.8. The van der Waals surface area contributed by atoms with Crippen molar-refractivity contribution in [3.63, 3.8) is 0 Å². The Kier molecular flexibility index (Phi) is 6.65. The maximum Gasteiger partial charge on any atom is 0.351 e. The molecule has 0 radical (unpaired) electrons. The van der Waals surface area contributed by atoms with Crippen LogP contribution in [0.2, 0.25) is 0 Å². The molecule has 10 nitrogen and oxygen atoms in total. The van der Waals surface area contributed by atoms with Gasteiger partial charge in [0, 0.05) is 37.1 Å². The highest BCUT2D eigenvalue weighted by Crippen LogP contribution is 2.28. The fraction of sp³-hybridized carbons (Fsp3) is 0.440. The molecule has 0 saturated carbocycles. The lowest BCUT2D eigenvalue weighted by molar-refractivity contribution is -0.139. The van der Waals surface area contributed by atoms with Crippen molar-refractivity contribution in [2.75, 3.05) is 33.4 Å². The number of aryl methyl sites for hydroxylation is 1. The van der Waals surface area contributed by atoms with Crippen LogP contribution in [0.5, 0.6) is 17.4 Å². The van der Waals surface area contributed by atoms with Crippen molar-refractivity contribution in [1.82, 2.24) is 24.8 Å². The van der Waals surface area contributed by atoms with Gasteiger partial charge in [-0.2, -0.15) is 4.98 Å². The number of carbonyl (C=O) groups excluding carboxylic acids is 1. The molecule has 0 amide bonds. The van der Waals surface area contributed by atoms with E-state index in [1.54, 1.807) is 17.7 Å². The molecule has 0 bridgehead atoms. The molecule has 1 aromatic carbocycles. The van der Waals surface area contributed by atoms with Crippen LogP contribution in [0.1, 0.15) is 24.2 Å². The van der Waals surface area contributed by atoms with Gasteiger partial charge in [0.1, 0.15) is 5.75 Å². The van der Waals surface area contributed by atoms with Crippen LogP contribution in [0.3, 0.4) is 0 Å². The molecule has 0 spiro atoms. The predicted molar refractivity (Wildman–Crippen MR) is 129 cm³/mol. The van der Waals surface area contributed by atoms with Crippen LogP contribution in [-0.4, -0.2) is 64.8 Å². The Morgan fingerprint density at radius 1 is 1.11 bits per heavy atom. The highest BCUT2D eigenvalue weighted by Gasteiger charge is 2.22. The smallest absolute Gasteiger partial charge is 0.351 e. The minimum Gasteiger partial charge on any atom is -0.497 e. The Hall–Kier alpha value is -3.50. The summed E-state index contributed by atoms with van der Waals surface area (Å²) in [5.74, 6) is 1.03. The van der Waals surface area contributed by atoms with E-state index in [1.165, 1.54) is 0 Å². The van der Waals surface area contributed by atoms with E-state index in [0.29, 0.717) is 24.9 Å². The molecule has 3 aromatic rings. The number of carbonyl (C=O) groups is 1. The van der Waals surface area contributed by atoms with Crippen LogP contribution in [0.15, 0.2) is 35.1 Å². The quantitative estimate of drug-likeness (QED) is 0.506. The standard InChI is InChI=1S/C25H29N5O5/c1-16-20-5-4-19(33-2)13-21(20)30(25(32)27-16)12-11-29-9-7-17(8-10-29)26-14-18-3-6-22-24(28-18)35-23(31)15-34-22/h3-6,13,17,26H,7-12,14-15H2,1-2H3. The second-order valence-electron chi connectivity index (χ2n) is 8.88. The summed E-state index contributed by atoms with van der Waals surface area (Å²) in [5.41, 5.74) is 2.16. The van der Waals surface area contributed by atoms with Crippen LogP contribution in [0.4, 0.5) is 0 Å². The van der Waals surface area contributed by atoms with E-state index in [-0.39, 0.29) is 18.2 Å². The Bertz CT molecular complexity index is 1300. The van der Waals surface area contributed by atoms with Crippen LogP contribution in [0, 0.1) is 6.92 Å². The maximum atomic E-state index is 12.6. The van der Waals surface area contributed by atoms with E-state index < -0.39 is 5.97 Å². The molecule has 1 saturated heterocycles. The van der Waals surface area contributed by atoms with E-state index in [9.17, 15) is 9.59 Å². The van der Waals surface area contributed by atoms with Crippen molar-refractivity contribution in [2.45, 2.75) is 38.9 Å². The van der Waals surface area contributed by atoms with Gasteiger partial charge in [0.15, 0.2) is 12.4 Å². The van der Waals surface area contributed by atoms with E-state index in [1.807, 2.05) is 31.2 Å². The molecule has 184 valence electrons. The number of piperidine rings is 1. The average molecular weight is 480 g/mol. The Morgan fingerprint density at radius 3 is 2.74 bits per heavy atom. The maximum absolute atomic E-state index is 12.6. The monoisotopic (exact) mass is 479 g/mol. The van der Waals surface area contributed by atoms with Gasteiger partial charge in [-0.1, -0.05) is 0 Å². The van der Waals surface area contributed by atoms with Crippen molar-refractivity contribution in [2.24, 2.45) is 0 Å². The zero-order valence-electron chi connectivity index (χ0n) is 20.0. The van der Waals surface area contributed by atoms with Crippen LogP contribution < -0.4 is 25.2 Å². The lowest BCUT2D eigenvalue weighted by Crippen LogP contribution is -2.43. The molecule has 1 N–H and O–H groups in total. The molecular formula is C25H29N5O5. The summed E-state index contributed by atoms with van der Waals surface area (Å²) in [4.78, 5) is 35.0. The molecule has 2 aliphatic heterocycles. The molecule has 0 atom stereocenters. The molecule has 5 rings (SSSR count). The molecule has 1 fully saturated rings. The third kappa shape index (κ3) is 5.13. The number of likely N-dealkylation sites (tertiary alicyclic amines) is 1. The van der Waals surface area contributed by atoms with Crippen molar-refractivity contribution in [1.29, 1.82) is 0 Å². The van der Waals surface area contributed by atoms with E-state index >= 15 is 0 Å². The summed E-state index contributed by atoms with van der Waals surface area (Å²) < 4.78 is 17.6. The molecule has 2 aliphatic rings. The summed E-state index contributed by atoms with van der Waals surface area (Å²) in [5, 5.41) is 4.52. The average Bonchev–Trinajstić information content (AvgIpc) is 2.87. The Labute approximate surface area is 202 Å². The van der Waals surface area contributed by atoms with E-state index in [4.69, 9.17) is 14.2 Å². The van der Waals surface area contributed by atoms with Gasteiger partial charge in [-0.25, -0.2) is 14.6 Å². The van der Waals surface area contributed by atoms with Gasteiger partial charge in [-0.3, -0.25) is 4.57 Å². The number of benzene rings is 1. The van der Waals surface area contributed by atoms with Crippen molar-refractivity contribution < 1.29 is 19.0 Å². The number of rotatable bonds is 7. The summed E-state index contributed by atoms with van der Waals surface area (Å²) in [6, 6.07) is 9.80. The van der Waals surface area contributed by atoms with Gasteiger partial charge in [0.2, 0.25) is 0 Å². The van der Waals surface area contributed by atoms with Gasteiger partial charge in [0.05, 0.1) is 24.0 Å². The van der Waals surface area contributed by atoms with Crippen LogP contribution >= 0.6 is 0 Å². The third-order valence-electron chi connectivity index (χ3n) is 6.62.